The highest BCUT2D eigenvalue weighted by Gasteiger charge is 2.48. The Hall–Kier alpha value is -2.98. The normalized spacial score (nSPS) is 27.2. The third-order valence-corrected chi connectivity index (χ3v) is 8.30. The van der Waals surface area contributed by atoms with Crippen molar-refractivity contribution in [3.63, 3.8) is 0 Å². The molecule has 1 amide bonds. The molecule has 10 nitrogen and oxygen atoms in total. The molecule has 0 saturated heterocycles. The van der Waals surface area contributed by atoms with Gasteiger partial charge in [-0.05, 0) is 54.2 Å². The average molecular weight is 573 g/mol. The molecule has 226 valence electrons. The van der Waals surface area contributed by atoms with Gasteiger partial charge in [-0.25, -0.2) is 4.79 Å². The van der Waals surface area contributed by atoms with Crippen LogP contribution in [0.1, 0.15) is 76.0 Å². The number of fused-ring (bicyclic) bond motifs is 3. The van der Waals surface area contributed by atoms with Crippen LogP contribution < -0.4 is 5.32 Å². The van der Waals surface area contributed by atoms with Crippen LogP contribution in [0.3, 0.4) is 0 Å². The van der Waals surface area contributed by atoms with Crippen LogP contribution in [-0.2, 0) is 53.0 Å². The van der Waals surface area contributed by atoms with E-state index >= 15 is 0 Å². The van der Waals surface area contributed by atoms with Crippen molar-refractivity contribution in [3.05, 3.63) is 34.9 Å². The van der Waals surface area contributed by atoms with Crippen LogP contribution in [0.4, 0.5) is 4.79 Å². The first kappa shape index (κ1) is 31.0. The van der Waals surface area contributed by atoms with Gasteiger partial charge in [-0.2, -0.15) is 0 Å². The minimum Gasteiger partial charge on any atom is -0.469 e. The van der Waals surface area contributed by atoms with Crippen molar-refractivity contribution in [2.75, 3.05) is 26.9 Å². The number of carbonyl (C=O) groups excluding carboxylic acids is 4. The van der Waals surface area contributed by atoms with Crippen LogP contribution in [0, 0.1) is 17.3 Å². The van der Waals surface area contributed by atoms with Crippen LogP contribution in [0.15, 0.2) is 18.2 Å². The first-order valence-electron chi connectivity index (χ1n) is 14.7. The number of carbonyl (C=O) groups is 4. The largest absolute Gasteiger partial charge is 0.469 e. The quantitative estimate of drug-likeness (QED) is 0.394. The molecule has 1 aromatic rings. The molecule has 4 atom stereocenters. The van der Waals surface area contributed by atoms with E-state index in [0.29, 0.717) is 32.9 Å². The van der Waals surface area contributed by atoms with Gasteiger partial charge in [0.05, 0.1) is 45.4 Å². The van der Waals surface area contributed by atoms with Crippen LogP contribution in [0.25, 0.3) is 0 Å². The zero-order chi connectivity index (χ0) is 29.6. The zero-order valence-corrected chi connectivity index (χ0v) is 24.7. The van der Waals surface area contributed by atoms with Gasteiger partial charge in [-0.3, -0.25) is 24.6 Å². The molecule has 4 bridgehead atoms. The number of methoxy groups -OCH3 is 1. The molecule has 2 unspecified atom stereocenters. The first-order chi connectivity index (χ1) is 19.6. The number of nitrogens with zero attached hydrogens (tertiary/aromatic N) is 1. The molecular weight excluding hydrogens is 528 g/mol. The molecule has 1 fully saturated rings. The number of hydrogen-bond acceptors (Lipinski definition) is 9. The fraction of sp³-hybridized carbons (Fsp3) is 0.677. The topological polar surface area (TPSA) is 120 Å². The maximum atomic E-state index is 13.9. The smallest absolute Gasteiger partial charge is 0.410 e. The predicted molar refractivity (Wildman–Crippen MR) is 150 cm³/mol. The number of ether oxygens (including phenoxy) is 4. The Morgan fingerprint density at radius 3 is 2.46 bits per heavy atom. The van der Waals surface area contributed by atoms with Crippen LogP contribution >= 0.6 is 0 Å². The van der Waals surface area contributed by atoms with Gasteiger partial charge in [0, 0.05) is 19.1 Å². The molecule has 1 aliphatic carbocycles. The number of nitrogens with one attached hydrogen (secondary N) is 1. The number of hydrogen-bond donors (Lipinski definition) is 1. The Labute approximate surface area is 242 Å². The van der Waals surface area contributed by atoms with Crippen molar-refractivity contribution in [3.8, 4) is 0 Å². The lowest BCUT2D eigenvalue weighted by Crippen LogP contribution is -2.51. The number of esters is 2. The maximum Gasteiger partial charge on any atom is 0.410 e. The number of rotatable bonds is 1. The molecule has 1 saturated carbocycles. The Balaban J connectivity index is 1.53. The Kier molecular flexibility index (Phi) is 10.4. The second kappa shape index (κ2) is 13.8. The van der Waals surface area contributed by atoms with E-state index in [2.05, 4.69) is 5.32 Å². The minimum absolute atomic E-state index is 0.119. The van der Waals surface area contributed by atoms with Gasteiger partial charge in [-0.15, -0.1) is 0 Å². The van der Waals surface area contributed by atoms with Crippen molar-refractivity contribution in [1.82, 2.24) is 10.2 Å². The van der Waals surface area contributed by atoms with Crippen molar-refractivity contribution in [1.29, 1.82) is 0 Å². The molecule has 1 aromatic carbocycles. The van der Waals surface area contributed by atoms with Gasteiger partial charge < -0.3 is 18.9 Å². The lowest BCUT2D eigenvalue weighted by molar-refractivity contribution is -0.150. The zero-order valence-electron chi connectivity index (χ0n) is 24.7. The van der Waals surface area contributed by atoms with E-state index < -0.39 is 47.4 Å². The summed E-state index contributed by atoms with van der Waals surface area (Å²) in [4.78, 5) is 54.0. The fourth-order valence-electron chi connectivity index (χ4n) is 6.10. The summed E-state index contributed by atoms with van der Waals surface area (Å²) in [5.74, 6) is -2.59. The molecule has 0 aromatic heterocycles. The lowest BCUT2D eigenvalue weighted by Gasteiger charge is -2.33. The Morgan fingerprint density at radius 1 is 1.00 bits per heavy atom. The Morgan fingerprint density at radius 2 is 1.73 bits per heavy atom. The van der Waals surface area contributed by atoms with E-state index in [1.807, 2.05) is 39.0 Å². The summed E-state index contributed by atoms with van der Waals surface area (Å²) in [7, 11) is 1.29. The van der Waals surface area contributed by atoms with Crippen molar-refractivity contribution in [2.45, 2.75) is 91.1 Å². The highest BCUT2D eigenvalue weighted by Crippen LogP contribution is 2.39. The Bertz CT molecular complexity index is 1110. The average Bonchev–Trinajstić information content (AvgIpc) is 3.55. The summed E-state index contributed by atoms with van der Waals surface area (Å²) in [5, 5.41) is 3.09. The summed E-state index contributed by atoms with van der Waals surface area (Å²) in [6.45, 7) is 7.88. The molecule has 3 aliphatic rings. The third-order valence-electron chi connectivity index (χ3n) is 8.30. The SMILES string of the molecule is COC(=O)C1C[C@@H]2CC1C(=O)[C@H](C(C)(C)C)NCC(=O)OCCCCCCOCc1cccc3c1CN(C3)C(=O)O2. The van der Waals surface area contributed by atoms with E-state index in [0.717, 1.165) is 42.4 Å². The van der Waals surface area contributed by atoms with Gasteiger partial charge in [0.1, 0.15) is 6.10 Å². The van der Waals surface area contributed by atoms with E-state index in [1.54, 1.807) is 4.90 Å². The van der Waals surface area contributed by atoms with E-state index in [1.165, 1.54) is 7.11 Å². The van der Waals surface area contributed by atoms with Gasteiger partial charge in [0.15, 0.2) is 5.78 Å². The third kappa shape index (κ3) is 7.86. The van der Waals surface area contributed by atoms with Gasteiger partial charge in [-0.1, -0.05) is 45.4 Å². The highest BCUT2D eigenvalue weighted by atomic mass is 16.6. The highest BCUT2D eigenvalue weighted by molar-refractivity contribution is 5.92. The summed E-state index contributed by atoms with van der Waals surface area (Å²) in [5.41, 5.74) is 2.66. The second-order valence-electron chi connectivity index (χ2n) is 12.4. The maximum absolute atomic E-state index is 13.9. The fourth-order valence-corrected chi connectivity index (χ4v) is 6.10. The molecular formula is C31H44N2O8. The predicted octanol–water partition coefficient (Wildman–Crippen LogP) is 3.91. The number of cyclic esters (lactones) is 1. The van der Waals surface area contributed by atoms with Gasteiger partial charge in [0.2, 0.25) is 0 Å². The van der Waals surface area contributed by atoms with Crippen molar-refractivity contribution in [2.24, 2.45) is 17.3 Å². The molecule has 0 radical (unpaired) electrons. The van der Waals surface area contributed by atoms with Crippen molar-refractivity contribution < 1.29 is 38.1 Å². The van der Waals surface area contributed by atoms with Crippen LogP contribution in [-0.4, -0.2) is 67.7 Å². The summed E-state index contributed by atoms with van der Waals surface area (Å²) in [6.07, 6.45) is 2.88. The van der Waals surface area contributed by atoms with Crippen LogP contribution in [0.5, 0.6) is 0 Å². The monoisotopic (exact) mass is 572 g/mol. The number of ketones is 1. The van der Waals surface area contributed by atoms with E-state index in [-0.39, 0.29) is 25.2 Å². The number of benzene rings is 1. The van der Waals surface area contributed by atoms with Gasteiger partial charge in [0.25, 0.3) is 0 Å². The second-order valence-corrected chi connectivity index (χ2v) is 12.4. The molecule has 41 heavy (non-hydrogen) atoms. The standard InChI is InChI=1S/C31H44N2O8/c1-31(2,3)28-27(35)23-14-22(15-24(23)29(36)38-4)41-30(37)33-17-20-10-9-11-21(25(20)18-33)19-39-12-7-5-6-8-13-40-26(34)16-32-28/h9-11,22-24,28,32H,5-8,12-19H2,1-4H3/t22-,23?,24?,28+/m0/s1. The van der Waals surface area contributed by atoms with E-state index in [4.69, 9.17) is 18.9 Å². The number of amides is 1. The lowest BCUT2D eigenvalue weighted by atomic mass is 9.77. The molecule has 0 spiro atoms. The summed E-state index contributed by atoms with van der Waals surface area (Å²) >= 11 is 0. The van der Waals surface area contributed by atoms with Crippen LogP contribution in [0.2, 0.25) is 0 Å². The first-order valence-corrected chi connectivity index (χ1v) is 14.7. The van der Waals surface area contributed by atoms with E-state index in [9.17, 15) is 19.2 Å². The number of Topliss-reactive ketones (excluding diaryl/α,β-unsaturated/α-hetero) is 1. The molecule has 2 heterocycles. The summed E-state index contributed by atoms with van der Waals surface area (Å²) < 4.78 is 22.2. The molecule has 4 rings (SSSR count). The molecule has 2 aliphatic heterocycles. The van der Waals surface area contributed by atoms with Crippen molar-refractivity contribution >= 4 is 23.8 Å². The van der Waals surface area contributed by atoms with Gasteiger partial charge >= 0.3 is 18.0 Å². The summed E-state index contributed by atoms with van der Waals surface area (Å²) in [6, 6.07) is 5.30. The minimum atomic E-state index is -0.742. The molecule has 10 heteroatoms. The molecule has 1 N–H and O–H groups in total.